The van der Waals surface area contributed by atoms with Gasteiger partial charge in [0, 0.05) is 22.6 Å². The van der Waals surface area contributed by atoms with Gasteiger partial charge in [-0.3, -0.25) is 9.59 Å². The van der Waals surface area contributed by atoms with Gasteiger partial charge in [0.05, 0.1) is 18.6 Å². The first-order valence-electron chi connectivity index (χ1n) is 11.7. The van der Waals surface area contributed by atoms with E-state index in [1.54, 1.807) is 62.4 Å². The van der Waals surface area contributed by atoms with Gasteiger partial charge in [-0.2, -0.15) is 4.89 Å². The maximum Gasteiger partial charge on any atom is 0.327 e. The predicted octanol–water partition coefficient (Wildman–Crippen LogP) is 1.92. The number of ether oxygens (including phenoxy) is 2. The van der Waals surface area contributed by atoms with Crippen LogP contribution in [0.3, 0.4) is 0 Å². The van der Waals surface area contributed by atoms with Crippen LogP contribution >= 0.6 is 0 Å². The molecule has 2 aliphatic heterocycles. The third-order valence-electron chi connectivity index (χ3n) is 8.83. The number of Topliss-reactive ketones (excluding diaryl/α,β-unsaturated/α-hetero) is 1. The fourth-order valence-corrected chi connectivity index (χ4v) is 7.59. The number of aliphatic hydroxyl groups excluding tert-OH is 1. The van der Waals surface area contributed by atoms with Crippen molar-refractivity contribution in [2.75, 3.05) is 7.11 Å². The van der Waals surface area contributed by atoms with Crippen LogP contribution in [0.1, 0.15) is 29.8 Å². The van der Waals surface area contributed by atoms with Gasteiger partial charge < -0.3 is 24.8 Å². The van der Waals surface area contributed by atoms with Crippen molar-refractivity contribution in [1.29, 1.82) is 0 Å². The standard InChI is InChI=1S/C27H24O9/c1-22(2)12-13-23(34-22)24(21(30)33-3)20(29)15-9-5-6-10-16(15)25(23,31)19-18(28)14-8-4-7-11-17(14)27(32)26(19,24)35-36-27/h4-14,17,28,31-32H,1-3H3/t14?,17?,23?,24?,25?,26-,27?/m0/s1. The molecule has 7 rings (SSSR count). The SMILES string of the molecule is COC(=O)C12C(=O)c3ccccc3C(O)(C3=C(O)C4C=CC=CC4C4(O)OO[C@]341)C21C=CC(C)(C)O1. The zero-order valence-electron chi connectivity index (χ0n) is 19.7. The summed E-state index contributed by atoms with van der Waals surface area (Å²) >= 11 is 0. The van der Waals surface area contributed by atoms with Gasteiger partial charge in [-0.05, 0) is 19.9 Å². The van der Waals surface area contributed by atoms with Gasteiger partial charge in [-0.1, -0.05) is 54.6 Å². The van der Waals surface area contributed by atoms with Crippen molar-refractivity contribution in [2.45, 2.75) is 42.0 Å². The zero-order chi connectivity index (χ0) is 25.5. The minimum atomic E-state index is -2.52. The summed E-state index contributed by atoms with van der Waals surface area (Å²) in [4.78, 5) is 39.8. The van der Waals surface area contributed by atoms with Crippen LogP contribution in [0, 0.1) is 17.3 Å². The molecule has 2 spiro atoms. The number of allylic oxidation sites excluding steroid dienone is 3. The van der Waals surface area contributed by atoms with E-state index >= 15 is 0 Å². The van der Waals surface area contributed by atoms with Crippen molar-refractivity contribution in [3.05, 3.63) is 83.2 Å². The second kappa shape index (κ2) is 6.07. The largest absolute Gasteiger partial charge is 0.511 e. The second-order valence-corrected chi connectivity index (χ2v) is 10.7. The Morgan fingerprint density at radius 1 is 1.06 bits per heavy atom. The van der Waals surface area contributed by atoms with Crippen LogP contribution in [-0.2, 0) is 29.6 Å². The van der Waals surface area contributed by atoms with E-state index in [1.807, 2.05) is 0 Å². The Kier molecular flexibility index (Phi) is 3.73. The molecule has 9 heteroatoms. The van der Waals surface area contributed by atoms with Gasteiger partial charge in [0.2, 0.25) is 16.8 Å². The molecule has 1 aromatic carbocycles. The Hall–Kier alpha value is -3.08. The molecule has 0 aromatic heterocycles. The molecule has 2 heterocycles. The summed E-state index contributed by atoms with van der Waals surface area (Å²) in [5, 5.41) is 37.0. The zero-order valence-corrected chi connectivity index (χ0v) is 19.7. The fourth-order valence-electron chi connectivity index (χ4n) is 7.59. The van der Waals surface area contributed by atoms with Gasteiger partial charge in [0.25, 0.3) is 0 Å². The minimum Gasteiger partial charge on any atom is -0.511 e. The van der Waals surface area contributed by atoms with Crippen LogP contribution in [0.2, 0.25) is 0 Å². The average Bonchev–Trinajstić information content (AvgIpc) is 3.27. The van der Waals surface area contributed by atoms with Crippen molar-refractivity contribution in [1.82, 2.24) is 0 Å². The molecule has 186 valence electrons. The Balaban J connectivity index is 1.74. The van der Waals surface area contributed by atoms with Crippen LogP contribution in [0.4, 0.5) is 0 Å². The van der Waals surface area contributed by atoms with Gasteiger partial charge in [0.1, 0.15) is 5.76 Å². The highest BCUT2D eigenvalue weighted by Crippen LogP contribution is 2.81. The average molecular weight is 492 g/mol. The number of esters is 1. The van der Waals surface area contributed by atoms with E-state index < -0.39 is 57.2 Å². The maximum absolute atomic E-state index is 14.7. The summed E-state index contributed by atoms with van der Waals surface area (Å²) < 4.78 is 11.7. The van der Waals surface area contributed by atoms with Crippen LogP contribution in [0.15, 0.2) is 72.1 Å². The number of fused-ring (bicyclic) bond motifs is 5. The highest BCUT2D eigenvalue weighted by Gasteiger charge is 3.00. The van der Waals surface area contributed by atoms with Crippen molar-refractivity contribution in [2.24, 2.45) is 17.3 Å². The van der Waals surface area contributed by atoms with E-state index in [9.17, 15) is 24.9 Å². The first kappa shape index (κ1) is 22.1. The van der Waals surface area contributed by atoms with E-state index in [0.717, 1.165) is 7.11 Å². The van der Waals surface area contributed by atoms with Crippen molar-refractivity contribution >= 4 is 11.8 Å². The van der Waals surface area contributed by atoms with Crippen LogP contribution < -0.4 is 0 Å². The molecule has 4 aliphatic carbocycles. The van der Waals surface area contributed by atoms with Crippen molar-refractivity contribution in [3.63, 3.8) is 0 Å². The molecule has 6 unspecified atom stereocenters. The highest BCUT2D eigenvalue weighted by molar-refractivity contribution is 6.20. The molecule has 6 aliphatic rings. The number of methoxy groups -OCH3 is 1. The topological polar surface area (TPSA) is 132 Å². The number of hydrogen-bond acceptors (Lipinski definition) is 9. The number of benzene rings is 1. The van der Waals surface area contributed by atoms with E-state index in [0.29, 0.717) is 0 Å². The van der Waals surface area contributed by atoms with Gasteiger partial charge in [-0.15, -0.1) is 0 Å². The van der Waals surface area contributed by atoms with E-state index in [-0.39, 0.29) is 22.5 Å². The Bertz CT molecular complexity index is 1400. The highest BCUT2D eigenvalue weighted by atomic mass is 17.3. The predicted molar refractivity (Wildman–Crippen MR) is 121 cm³/mol. The summed E-state index contributed by atoms with van der Waals surface area (Å²) in [5.41, 5.74) is -10.5. The van der Waals surface area contributed by atoms with Crippen LogP contribution in [0.25, 0.3) is 0 Å². The minimum absolute atomic E-state index is 0.0220. The molecule has 1 aromatic rings. The first-order chi connectivity index (χ1) is 17.0. The van der Waals surface area contributed by atoms with Crippen molar-refractivity contribution < 1.29 is 44.2 Å². The fraction of sp³-hybridized carbons (Fsp3) is 0.407. The molecule has 3 N–H and O–H groups in total. The molecule has 9 nitrogen and oxygen atoms in total. The second-order valence-electron chi connectivity index (χ2n) is 10.7. The summed E-state index contributed by atoms with van der Waals surface area (Å²) in [6.45, 7) is 3.42. The number of carbonyl (C=O) groups excluding carboxylic acids is 2. The van der Waals surface area contributed by atoms with Crippen LogP contribution in [0.5, 0.6) is 0 Å². The summed E-state index contributed by atoms with van der Waals surface area (Å²) in [6.07, 6.45) is 9.71. The van der Waals surface area contributed by atoms with Gasteiger partial charge in [-0.25, -0.2) is 4.89 Å². The Morgan fingerprint density at radius 3 is 2.42 bits per heavy atom. The molecular weight excluding hydrogens is 468 g/mol. The summed E-state index contributed by atoms with van der Waals surface area (Å²) in [6, 6.07) is 6.25. The van der Waals surface area contributed by atoms with E-state index in [2.05, 4.69) is 0 Å². The maximum atomic E-state index is 14.7. The third-order valence-corrected chi connectivity index (χ3v) is 8.83. The Morgan fingerprint density at radius 2 is 1.78 bits per heavy atom. The van der Waals surface area contributed by atoms with Gasteiger partial charge in [0.15, 0.2) is 17.0 Å². The molecule has 1 saturated carbocycles. The molecule has 1 saturated heterocycles. The van der Waals surface area contributed by atoms with Crippen LogP contribution in [-0.4, -0.2) is 56.8 Å². The lowest BCUT2D eigenvalue weighted by Crippen LogP contribution is -2.83. The molecule has 7 atom stereocenters. The number of ketones is 1. The smallest absolute Gasteiger partial charge is 0.327 e. The quantitative estimate of drug-likeness (QED) is 0.233. The van der Waals surface area contributed by atoms with Gasteiger partial charge >= 0.3 is 5.97 Å². The number of aliphatic hydroxyl groups is 3. The third kappa shape index (κ3) is 1.77. The molecule has 0 amide bonds. The lowest BCUT2D eigenvalue weighted by atomic mass is 9.52. The summed E-state index contributed by atoms with van der Waals surface area (Å²) in [5.74, 6) is -6.34. The molecule has 0 radical (unpaired) electrons. The number of hydrogen-bond donors (Lipinski definition) is 3. The van der Waals surface area contributed by atoms with Crippen molar-refractivity contribution in [3.8, 4) is 0 Å². The monoisotopic (exact) mass is 492 g/mol. The van der Waals surface area contributed by atoms with E-state index in [4.69, 9.17) is 19.2 Å². The lowest BCUT2D eigenvalue weighted by molar-refractivity contribution is -0.619. The lowest BCUT2D eigenvalue weighted by Gasteiger charge is -2.62. The Labute approximate surface area is 205 Å². The first-order valence-corrected chi connectivity index (χ1v) is 11.7. The number of rotatable bonds is 1. The molecule has 36 heavy (non-hydrogen) atoms. The van der Waals surface area contributed by atoms with E-state index in [1.165, 1.54) is 12.1 Å². The number of carbonyl (C=O) groups is 2. The molecule has 2 fully saturated rings. The molecular formula is C27H24O9. The summed E-state index contributed by atoms with van der Waals surface area (Å²) in [7, 11) is 1.10. The molecule has 2 bridgehead atoms. The normalized spacial score (nSPS) is 46.2.